The van der Waals surface area contributed by atoms with Gasteiger partial charge in [0.25, 0.3) is 0 Å². The molecule has 0 amide bonds. The standard InChI is InChI=1S/C34H34.4C2H6/c1-19-20(2)24(6)30-29(23(19)5)33(27-15-11-9-12-16-27)31-25(7)21(3)22(4)26(8)32(31)34(30)28-17-13-10-14-18-28;4*1-2/h9-18H,1-8H3;4*1-2H3. The van der Waals surface area contributed by atoms with Crippen molar-refractivity contribution in [2.24, 2.45) is 0 Å². The van der Waals surface area contributed by atoms with Crippen LogP contribution < -0.4 is 0 Å². The average molecular weight is 563 g/mol. The molecular weight excluding hydrogens is 504 g/mol. The number of benzene rings is 5. The minimum atomic E-state index is 1.30. The molecule has 0 saturated carbocycles. The van der Waals surface area contributed by atoms with Crippen LogP contribution in [0, 0.1) is 55.4 Å². The summed E-state index contributed by atoms with van der Waals surface area (Å²) in [5.74, 6) is 0. The Morgan fingerprint density at radius 2 is 0.452 bits per heavy atom. The maximum absolute atomic E-state index is 2.32. The lowest BCUT2D eigenvalue weighted by Crippen LogP contribution is -2.03. The topological polar surface area (TPSA) is 0 Å². The Labute approximate surface area is 259 Å². The van der Waals surface area contributed by atoms with Gasteiger partial charge in [-0.1, -0.05) is 116 Å². The lowest BCUT2D eigenvalue weighted by Gasteiger charge is -2.27. The Balaban J connectivity index is 0.00000102. The van der Waals surface area contributed by atoms with Crippen molar-refractivity contribution in [1.82, 2.24) is 0 Å². The van der Waals surface area contributed by atoms with Crippen molar-refractivity contribution in [3.05, 3.63) is 105 Å². The Morgan fingerprint density at radius 3 is 0.643 bits per heavy atom. The van der Waals surface area contributed by atoms with E-state index < -0.39 is 0 Å². The fraction of sp³-hybridized carbons (Fsp3) is 0.381. The van der Waals surface area contributed by atoms with E-state index in [9.17, 15) is 0 Å². The summed E-state index contributed by atoms with van der Waals surface area (Å²) in [6, 6.07) is 22.0. The van der Waals surface area contributed by atoms with Gasteiger partial charge in [-0.05, 0) is 144 Å². The zero-order chi connectivity index (χ0) is 32.3. The first-order valence-corrected chi connectivity index (χ1v) is 16.3. The predicted octanol–water partition coefficient (Wildman–Crippen LogP) is 13.9. The highest BCUT2D eigenvalue weighted by molar-refractivity contribution is 6.25. The molecule has 0 spiro atoms. The van der Waals surface area contributed by atoms with Gasteiger partial charge in [0.05, 0.1) is 0 Å². The maximum atomic E-state index is 2.32. The van der Waals surface area contributed by atoms with Crippen LogP contribution in [0.2, 0.25) is 0 Å². The molecule has 0 atom stereocenters. The normalized spacial score (nSPS) is 9.90. The number of hydrogen-bond donors (Lipinski definition) is 0. The number of hydrogen-bond acceptors (Lipinski definition) is 0. The van der Waals surface area contributed by atoms with Gasteiger partial charge in [0.15, 0.2) is 0 Å². The first-order chi connectivity index (χ1) is 20.3. The molecule has 0 saturated heterocycles. The van der Waals surface area contributed by atoms with Gasteiger partial charge in [-0.15, -0.1) is 0 Å². The summed E-state index contributed by atoms with van der Waals surface area (Å²) in [5.41, 5.74) is 16.6. The van der Waals surface area contributed by atoms with Crippen molar-refractivity contribution < 1.29 is 0 Å². The molecule has 0 aliphatic rings. The third-order valence-corrected chi connectivity index (χ3v) is 8.50. The molecule has 0 heteroatoms. The van der Waals surface area contributed by atoms with Crippen LogP contribution in [0.5, 0.6) is 0 Å². The molecule has 42 heavy (non-hydrogen) atoms. The van der Waals surface area contributed by atoms with Crippen molar-refractivity contribution in [3.63, 3.8) is 0 Å². The quantitative estimate of drug-likeness (QED) is 0.188. The molecule has 0 nitrogen and oxygen atoms in total. The van der Waals surface area contributed by atoms with Gasteiger partial charge in [0.1, 0.15) is 0 Å². The van der Waals surface area contributed by atoms with E-state index in [1.54, 1.807) is 0 Å². The van der Waals surface area contributed by atoms with Crippen LogP contribution >= 0.6 is 0 Å². The van der Waals surface area contributed by atoms with Gasteiger partial charge < -0.3 is 0 Å². The average Bonchev–Trinajstić information content (AvgIpc) is 3.07. The van der Waals surface area contributed by atoms with E-state index in [0.29, 0.717) is 0 Å². The van der Waals surface area contributed by atoms with E-state index in [1.165, 1.54) is 88.3 Å². The van der Waals surface area contributed by atoms with E-state index in [2.05, 4.69) is 116 Å². The molecule has 0 aromatic heterocycles. The molecular formula is C42H58. The van der Waals surface area contributed by atoms with Crippen LogP contribution in [-0.2, 0) is 0 Å². The predicted molar refractivity (Wildman–Crippen MR) is 196 cm³/mol. The molecule has 5 rings (SSSR count). The molecule has 5 aromatic carbocycles. The first-order valence-electron chi connectivity index (χ1n) is 16.3. The van der Waals surface area contributed by atoms with Crippen LogP contribution in [0.1, 0.15) is 99.9 Å². The molecule has 5 aromatic rings. The monoisotopic (exact) mass is 562 g/mol. The zero-order valence-electron chi connectivity index (χ0n) is 29.8. The van der Waals surface area contributed by atoms with Gasteiger partial charge in [0, 0.05) is 0 Å². The fourth-order valence-corrected chi connectivity index (χ4v) is 5.91. The SMILES string of the molecule is CC.CC.CC.CC.Cc1c(C)c(C)c2c(-c3ccccc3)c3c(C)c(C)c(C)c(C)c3c(-c3ccccc3)c2c1C. The largest absolute Gasteiger partial charge is 0.0683 e. The molecule has 0 bridgehead atoms. The molecule has 0 aliphatic carbocycles. The Kier molecular flexibility index (Phi) is 14.8. The summed E-state index contributed by atoms with van der Waals surface area (Å²) in [6.45, 7) is 34.4. The maximum Gasteiger partial charge on any atom is -0.00206 e. The summed E-state index contributed by atoms with van der Waals surface area (Å²) < 4.78 is 0. The highest BCUT2D eigenvalue weighted by Crippen LogP contribution is 2.50. The van der Waals surface area contributed by atoms with Gasteiger partial charge in [-0.3, -0.25) is 0 Å². The fourth-order valence-electron chi connectivity index (χ4n) is 5.91. The van der Waals surface area contributed by atoms with Crippen molar-refractivity contribution in [2.75, 3.05) is 0 Å². The highest BCUT2D eigenvalue weighted by Gasteiger charge is 2.25. The molecule has 0 heterocycles. The van der Waals surface area contributed by atoms with E-state index in [-0.39, 0.29) is 0 Å². The van der Waals surface area contributed by atoms with Crippen LogP contribution in [0.25, 0.3) is 43.8 Å². The Hall–Kier alpha value is -3.38. The summed E-state index contributed by atoms with van der Waals surface area (Å²) in [7, 11) is 0. The molecule has 0 N–H and O–H groups in total. The van der Waals surface area contributed by atoms with Gasteiger partial charge >= 0.3 is 0 Å². The smallest absolute Gasteiger partial charge is 0.00206 e. The molecule has 0 unspecified atom stereocenters. The van der Waals surface area contributed by atoms with Crippen LogP contribution in [-0.4, -0.2) is 0 Å². The second-order valence-electron chi connectivity index (χ2n) is 9.98. The third kappa shape index (κ3) is 6.49. The van der Waals surface area contributed by atoms with Crippen LogP contribution in [0.3, 0.4) is 0 Å². The summed E-state index contributed by atoms with van der Waals surface area (Å²) in [6.07, 6.45) is 0. The van der Waals surface area contributed by atoms with Crippen molar-refractivity contribution in [3.8, 4) is 22.3 Å². The van der Waals surface area contributed by atoms with Gasteiger partial charge in [-0.2, -0.15) is 0 Å². The van der Waals surface area contributed by atoms with E-state index in [4.69, 9.17) is 0 Å². The number of fused-ring (bicyclic) bond motifs is 2. The number of aryl methyl sites for hydroxylation is 4. The summed E-state index contributed by atoms with van der Waals surface area (Å²) in [4.78, 5) is 0. The Morgan fingerprint density at radius 1 is 0.262 bits per heavy atom. The summed E-state index contributed by atoms with van der Waals surface area (Å²) >= 11 is 0. The molecule has 0 fully saturated rings. The van der Waals surface area contributed by atoms with Crippen LogP contribution in [0.15, 0.2) is 60.7 Å². The molecule has 226 valence electrons. The summed E-state index contributed by atoms with van der Waals surface area (Å²) in [5, 5.41) is 5.63. The highest BCUT2D eigenvalue weighted by atomic mass is 14.3. The zero-order valence-corrected chi connectivity index (χ0v) is 29.8. The second-order valence-corrected chi connectivity index (χ2v) is 9.98. The van der Waals surface area contributed by atoms with Gasteiger partial charge in [-0.25, -0.2) is 0 Å². The minimum absolute atomic E-state index is 1.30. The number of rotatable bonds is 2. The second kappa shape index (κ2) is 16.9. The first kappa shape index (κ1) is 36.6. The van der Waals surface area contributed by atoms with E-state index >= 15 is 0 Å². The van der Waals surface area contributed by atoms with Crippen LogP contribution in [0.4, 0.5) is 0 Å². The van der Waals surface area contributed by atoms with E-state index in [1.807, 2.05) is 55.4 Å². The minimum Gasteiger partial charge on any atom is -0.0683 e. The molecule has 0 radical (unpaired) electrons. The van der Waals surface area contributed by atoms with Crippen molar-refractivity contribution in [2.45, 2.75) is 111 Å². The lowest BCUT2D eigenvalue weighted by atomic mass is 9.77. The molecule has 0 aliphatic heterocycles. The third-order valence-electron chi connectivity index (χ3n) is 8.50. The van der Waals surface area contributed by atoms with Gasteiger partial charge in [0.2, 0.25) is 0 Å². The van der Waals surface area contributed by atoms with E-state index in [0.717, 1.165) is 0 Å². The Bertz CT molecular complexity index is 1380. The van der Waals surface area contributed by atoms with Crippen molar-refractivity contribution >= 4 is 21.5 Å². The van der Waals surface area contributed by atoms with Crippen molar-refractivity contribution in [1.29, 1.82) is 0 Å². The lowest BCUT2D eigenvalue weighted by molar-refractivity contribution is 1.24.